The van der Waals surface area contributed by atoms with Gasteiger partial charge in [-0.25, -0.2) is 4.79 Å². The van der Waals surface area contributed by atoms with Gasteiger partial charge in [0.2, 0.25) is 0 Å². The van der Waals surface area contributed by atoms with Crippen LogP contribution in [-0.2, 0) is 14.3 Å². The second-order valence-corrected chi connectivity index (χ2v) is 8.58. The first kappa shape index (κ1) is 22.9. The Bertz CT molecular complexity index is 785. The van der Waals surface area contributed by atoms with Crippen LogP contribution >= 0.6 is 23.2 Å². The molecule has 0 spiro atoms. The van der Waals surface area contributed by atoms with E-state index in [0.29, 0.717) is 16.0 Å². The van der Waals surface area contributed by atoms with E-state index < -0.39 is 0 Å². The normalized spacial score (nSPS) is 19.3. The Labute approximate surface area is 189 Å². The van der Waals surface area contributed by atoms with Crippen LogP contribution in [0.3, 0.4) is 0 Å². The van der Waals surface area contributed by atoms with E-state index in [4.69, 9.17) is 27.9 Å². The fourth-order valence-electron chi connectivity index (χ4n) is 4.04. The Kier molecular flexibility index (Phi) is 8.80. The molecule has 1 fully saturated rings. The number of halogens is 2. The molecule has 0 N–H and O–H groups in total. The second-order valence-electron chi connectivity index (χ2n) is 7.71. The molecule has 0 aliphatic heterocycles. The predicted octanol–water partition coefficient (Wildman–Crippen LogP) is 7.17. The summed E-state index contributed by atoms with van der Waals surface area (Å²) in [5.41, 5.74) is 2.16. The van der Waals surface area contributed by atoms with Gasteiger partial charge in [-0.05, 0) is 67.0 Å². The number of rotatable bonds is 8. The van der Waals surface area contributed by atoms with Gasteiger partial charge in [-0.3, -0.25) is 0 Å². The Morgan fingerprint density at radius 1 is 1.00 bits per heavy atom. The number of allylic oxidation sites excluding steroid dienone is 1. The number of ether oxygens (including phenoxy) is 2. The van der Waals surface area contributed by atoms with Gasteiger partial charge in [-0.15, -0.1) is 0 Å². The Balaban J connectivity index is 1.75. The summed E-state index contributed by atoms with van der Waals surface area (Å²) in [7, 11) is 1.39. The molecule has 0 unspecified atom stereocenters. The van der Waals surface area contributed by atoms with Crippen molar-refractivity contribution in [2.45, 2.75) is 50.7 Å². The lowest BCUT2D eigenvalue weighted by atomic mass is 9.83. The van der Waals surface area contributed by atoms with E-state index in [1.807, 2.05) is 54.6 Å². The molecule has 0 bridgehead atoms. The molecule has 0 amide bonds. The number of esters is 1. The summed E-state index contributed by atoms with van der Waals surface area (Å²) in [5.74, 6) is 0.153. The second kappa shape index (κ2) is 11.5. The van der Waals surface area contributed by atoms with E-state index in [2.05, 4.69) is 4.74 Å². The van der Waals surface area contributed by atoms with E-state index in [0.717, 1.165) is 36.8 Å². The molecular weight excluding hydrogens is 419 g/mol. The standard InChI is InChI=1S/C25H28Cl2O3/c1-29-24(28)9-5-3-7-18-6-2-4-8-23(18)30-25(19-10-14-21(26)15-11-19)20-12-16-22(27)17-13-20/h5,9-18,23,25H,2-4,6-8H2,1H3/b9-5-/t18-,23+/m0/s1. The van der Waals surface area contributed by atoms with E-state index in [9.17, 15) is 4.79 Å². The molecule has 0 saturated heterocycles. The maximum Gasteiger partial charge on any atom is 0.330 e. The van der Waals surface area contributed by atoms with Crippen molar-refractivity contribution in [3.8, 4) is 0 Å². The quantitative estimate of drug-likeness (QED) is 0.318. The van der Waals surface area contributed by atoms with E-state index in [1.165, 1.54) is 26.0 Å². The number of carbonyl (C=O) groups is 1. The highest BCUT2D eigenvalue weighted by molar-refractivity contribution is 6.30. The van der Waals surface area contributed by atoms with Crippen LogP contribution in [-0.4, -0.2) is 19.2 Å². The summed E-state index contributed by atoms with van der Waals surface area (Å²) >= 11 is 12.2. The molecule has 1 saturated carbocycles. The third-order valence-corrected chi connectivity index (χ3v) is 6.16. The lowest BCUT2D eigenvalue weighted by Crippen LogP contribution is -2.29. The van der Waals surface area contributed by atoms with E-state index in [1.54, 1.807) is 0 Å². The summed E-state index contributed by atoms with van der Waals surface area (Å²) in [6.07, 6.45) is 9.81. The van der Waals surface area contributed by atoms with Crippen LogP contribution in [0.2, 0.25) is 10.0 Å². The first-order valence-corrected chi connectivity index (χ1v) is 11.2. The molecule has 2 aromatic rings. The third-order valence-electron chi connectivity index (χ3n) is 5.65. The minimum atomic E-state index is -0.308. The van der Waals surface area contributed by atoms with Crippen LogP contribution in [0.5, 0.6) is 0 Å². The van der Waals surface area contributed by atoms with Crippen LogP contribution in [0.4, 0.5) is 0 Å². The van der Waals surface area contributed by atoms with Gasteiger partial charge < -0.3 is 9.47 Å². The number of hydrogen-bond acceptors (Lipinski definition) is 3. The smallest absolute Gasteiger partial charge is 0.330 e. The number of benzene rings is 2. The van der Waals surface area contributed by atoms with Crippen LogP contribution in [0, 0.1) is 5.92 Å². The highest BCUT2D eigenvalue weighted by atomic mass is 35.5. The van der Waals surface area contributed by atoms with Gasteiger partial charge in [0.15, 0.2) is 0 Å². The molecule has 0 aromatic heterocycles. The van der Waals surface area contributed by atoms with E-state index in [-0.39, 0.29) is 18.2 Å². The molecule has 160 valence electrons. The Morgan fingerprint density at radius 2 is 1.57 bits per heavy atom. The summed E-state index contributed by atoms with van der Waals surface area (Å²) in [4.78, 5) is 11.3. The van der Waals surface area contributed by atoms with Crippen molar-refractivity contribution in [2.75, 3.05) is 7.11 Å². The zero-order valence-electron chi connectivity index (χ0n) is 17.2. The summed E-state index contributed by atoms with van der Waals surface area (Å²) in [5, 5.41) is 1.42. The molecule has 1 aliphatic rings. The predicted molar refractivity (Wildman–Crippen MR) is 122 cm³/mol. The van der Waals surface area contributed by atoms with Crippen LogP contribution < -0.4 is 0 Å². The number of hydrogen-bond donors (Lipinski definition) is 0. The van der Waals surface area contributed by atoms with Crippen molar-refractivity contribution in [1.82, 2.24) is 0 Å². The molecule has 2 aromatic carbocycles. The largest absolute Gasteiger partial charge is 0.466 e. The third kappa shape index (κ3) is 6.60. The van der Waals surface area contributed by atoms with Crippen LogP contribution in [0.15, 0.2) is 60.7 Å². The van der Waals surface area contributed by atoms with Gasteiger partial charge in [0.25, 0.3) is 0 Å². The summed E-state index contributed by atoms with van der Waals surface area (Å²) < 4.78 is 11.4. The topological polar surface area (TPSA) is 35.5 Å². The Hall–Kier alpha value is -1.81. The molecule has 5 heteroatoms. The first-order valence-electron chi connectivity index (χ1n) is 10.5. The van der Waals surface area contributed by atoms with Crippen molar-refractivity contribution in [2.24, 2.45) is 5.92 Å². The fourth-order valence-corrected chi connectivity index (χ4v) is 4.29. The van der Waals surface area contributed by atoms with Crippen molar-refractivity contribution in [1.29, 1.82) is 0 Å². The maximum absolute atomic E-state index is 11.3. The lowest BCUT2D eigenvalue weighted by molar-refractivity contribution is -0.134. The monoisotopic (exact) mass is 446 g/mol. The van der Waals surface area contributed by atoms with Gasteiger partial charge in [0, 0.05) is 16.1 Å². The highest BCUT2D eigenvalue weighted by Gasteiger charge is 2.29. The van der Waals surface area contributed by atoms with Crippen LogP contribution in [0.1, 0.15) is 55.8 Å². The highest BCUT2D eigenvalue weighted by Crippen LogP contribution is 2.37. The van der Waals surface area contributed by atoms with Gasteiger partial charge in [-0.2, -0.15) is 0 Å². The van der Waals surface area contributed by atoms with Crippen LogP contribution in [0.25, 0.3) is 0 Å². The summed E-state index contributed by atoms with van der Waals surface area (Å²) in [6.45, 7) is 0. The SMILES string of the molecule is COC(=O)/C=C\CC[C@@H]1CCCC[C@H]1OC(c1ccc(Cl)cc1)c1ccc(Cl)cc1. The van der Waals surface area contributed by atoms with Gasteiger partial charge >= 0.3 is 5.97 Å². The van der Waals surface area contributed by atoms with Crippen molar-refractivity contribution < 1.29 is 14.3 Å². The molecule has 3 nitrogen and oxygen atoms in total. The van der Waals surface area contributed by atoms with Gasteiger partial charge in [0.05, 0.1) is 13.2 Å². The molecule has 2 atom stereocenters. The number of carbonyl (C=O) groups excluding carboxylic acids is 1. The zero-order valence-corrected chi connectivity index (χ0v) is 18.7. The minimum Gasteiger partial charge on any atom is -0.466 e. The van der Waals surface area contributed by atoms with Gasteiger partial charge in [0.1, 0.15) is 6.10 Å². The van der Waals surface area contributed by atoms with Crippen molar-refractivity contribution in [3.05, 3.63) is 81.9 Å². The molecule has 0 radical (unpaired) electrons. The molecule has 30 heavy (non-hydrogen) atoms. The Morgan fingerprint density at radius 3 is 2.13 bits per heavy atom. The zero-order chi connectivity index (χ0) is 21.3. The summed E-state index contributed by atoms with van der Waals surface area (Å²) in [6, 6.07) is 15.7. The maximum atomic E-state index is 11.3. The molecule has 0 heterocycles. The average Bonchev–Trinajstić information content (AvgIpc) is 2.77. The van der Waals surface area contributed by atoms with Crippen molar-refractivity contribution in [3.63, 3.8) is 0 Å². The first-order chi connectivity index (χ1) is 14.6. The minimum absolute atomic E-state index is 0.168. The molecule has 1 aliphatic carbocycles. The van der Waals surface area contributed by atoms with Gasteiger partial charge in [-0.1, -0.05) is 66.4 Å². The molecule has 3 rings (SSSR count). The molecular formula is C25H28Cl2O3. The van der Waals surface area contributed by atoms with Crippen molar-refractivity contribution >= 4 is 29.2 Å². The fraction of sp³-hybridized carbons (Fsp3) is 0.400. The average molecular weight is 447 g/mol. The number of methoxy groups -OCH3 is 1. The lowest BCUT2D eigenvalue weighted by Gasteiger charge is -2.35. The van der Waals surface area contributed by atoms with E-state index >= 15 is 0 Å².